The number of hydrogen-bond acceptors (Lipinski definition) is 0. The van der Waals surface area contributed by atoms with Gasteiger partial charge in [0, 0.05) is 0 Å². The van der Waals surface area contributed by atoms with Gasteiger partial charge in [0.25, 0.3) is 0 Å². The van der Waals surface area contributed by atoms with Crippen LogP contribution in [0.2, 0.25) is 0 Å². The standard InChI is InChI=1S/C10H12/c1-10(2,3)9-7-5-4-6-8-9/h5-7H,1-3H3. The summed E-state index contributed by atoms with van der Waals surface area (Å²) in [6.07, 6.45) is 0. The first-order valence-corrected chi connectivity index (χ1v) is 3.49. The molecule has 0 heteroatoms. The van der Waals surface area contributed by atoms with Crippen LogP contribution in [0.5, 0.6) is 0 Å². The molecular weight excluding hydrogens is 120 g/mol. The highest BCUT2D eigenvalue weighted by atomic mass is 14.2. The minimum absolute atomic E-state index is 0.217. The molecule has 2 radical (unpaired) electrons. The van der Waals surface area contributed by atoms with Gasteiger partial charge in [-0.3, -0.25) is 0 Å². The fourth-order valence-corrected chi connectivity index (χ4v) is 0.814. The Morgan fingerprint density at radius 1 is 1.30 bits per heavy atom. The van der Waals surface area contributed by atoms with E-state index in [4.69, 9.17) is 0 Å². The maximum atomic E-state index is 3.15. The molecule has 0 aliphatic heterocycles. The lowest BCUT2D eigenvalue weighted by molar-refractivity contribution is 0.589. The van der Waals surface area contributed by atoms with E-state index in [0.29, 0.717) is 0 Å². The van der Waals surface area contributed by atoms with Gasteiger partial charge in [-0.15, -0.1) is 0 Å². The van der Waals surface area contributed by atoms with Crippen LogP contribution in [0.1, 0.15) is 26.3 Å². The molecule has 0 unspecified atom stereocenters. The summed E-state index contributed by atoms with van der Waals surface area (Å²) in [7, 11) is 0. The summed E-state index contributed by atoms with van der Waals surface area (Å²) >= 11 is 0. The number of benzene rings is 1. The van der Waals surface area contributed by atoms with Crippen LogP contribution in [-0.2, 0) is 5.41 Å². The van der Waals surface area contributed by atoms with Crippen molar-refractivity contribution in [3.63, 3.8) is 0 Å². The molecule has 0 N–H and O–H groups in total. The van der Waals surface area contributed by atoms with Crippen LogP contribution < -0.4 is 0 Å². The van der Waals surface area contributed by atoms with E-state index in [1.165, 1.54) is 5.56 Å². The smallest absolute Gasteiger partial charge is 0.0126 e. The fraction of sp³-hybridized carbons (Fsp3) is 0.400. The molecule has 0 saturated heterocycles. The van der Waals surface area contributed by atoms with Gasteiger partial charge in [-0.05, 0) is 29.2 Å². The maximum Gasteiger partial charge on any atom is -0.0126 e. The minimum Gasteiger partial charge on any atom is -0.0573 e. The second-order valence-corrected chi connectivity index (χ2v) is 3.45. The normalized spacial score (nSPS) is 11.5. The van der Waals surface area contributed by atoms with Crippen molar-refractivity contribution in [2.45, 2.75) is 26.2 Å². The van der Waals surface area contributed by atoms with Crippen LogP contribution in [0.3, 0.4) is 0 Å². The lowest BCUT2D eigenvalue weighted by Gasteiger charge is -2.17. The third-order valence-electron chi connectivity index (χ3n) is 1.47. The van der Waals surface area contributed by atoms with Crippen molar-refractivity contribution in [1.82, 2.24) is 0 Å². The molecule has 0 saturated carbocycles. The van der Waals surface area contributed by atoms with Crippen LogP contribution in [0.15, 0.2) is 18.2 Å². The van der Waals surface area contributed by atoms with Gasteiger partial charge >= 0.3 is 0 Å². The predicted molar refractivity (Wildman–Crippen MR) is 42.8 cm³/mol. The Morgan fingerprint density at radius 2 is 2.00 bits per heavy atom. The Morgan fingerprint density at radius 3 is 2.30 bits per heavy atom. The second-order valence-electron chi connectivity index (χ2n) is 3.45. The quantitative estimate of drug-likeness (QED) is 0.509. The summed E-state index contributed by atoms with van der Waals surface area (Å²) in [5.41, 5.74) is 1.46. The molecular formula is C10H12. The average Bonchev–Trinajstić information content (AvgIpc) is 1.88. The predicted octanol–water partition coefficient (Wildman–Crippen LogP) is 2.58. The van der Waals surface area contributed by atoms with Gasteiger partial charge in [-0.25, -0.2) is 0 Å². The highest BCUT2D eigenvalue weighted by Gasteiger charge is 2.11. The molecule has 0 spiro atoms. The fourth-order valence-electron chi connectivity index (χ4n) is 0.814. The van der Waals surface area contributed by atoms with Gasteiger partial charge in [-0.1, -0.05) is 32.9 Å². The highest BCUT2D eigenvalue weighted by Crippen LogP contribution is 2.20. The van der Waals surface area contributed by atoms with Gasteiger partial charge in [-0.2, -0.15) is 0 Å². The van der Waals surface area contributed by atoms with E-state index in [-0.39, 0.29) is 5.41 Å². The first-order valence-electron chi connectivity index (χ1n) is 3.49. The van der Waals surface area contributed by atoms with E-state index in [1.807, 2.05) is 12.1 Å². The van der Waals surface area contributed by atoms with Gasteiger partial charge < -0.3 is 0 Å². The molecule has 0 atom stereocenters. The van der Waals surface area contributed by atoms with Crippen molar-refractivity contribution >= 4 is 0 Å². The Labute approximate surface area is 62.9 Å². The molecule has 10 heavy (non-hydrogen) atoms. The zero-order valence-electron chi connectivity index (χ0n) is 6.73. The van der Waals surface area contributed by atoms with Crippen molar-refractivity contribution in [3.8, 4) is 0 Å². The highest BCUT2D eigenvalue weighted by molar-refractivity contribution is 5.20. The lowest BCUT2D eigenvalue weighted by atomic mass is 9.87. The minimum atomic E-state index is 0.217. The second kappa shape index (κ2) is 2.45. The van der Waals surface area contributed by atoms with Crippen molar-refractivity contribution in [2.24, 2.45) is 0 Å². The van der Waals surface area contributed by atoms with Crippen LogP contribution in [0.25, 0.3) is 0 Å². The Balaban J connectivity index is 2.97. The molecule has 0 amide bonds. The van der Waals surface area contributed by atoms with E-state index in [1.54, 1.807) is 0 Å². The van der Waals surface area contributed by atoms with Crippen LogP contribution in [0, 0.1) is 12.1 Å². The monoisotopic (exact) mass is 132 g/mol. The summed E-state index contributed by atoms with van der Waals surface area (Å²) in [5, 5.41) is 0. The molecule has 1 aromatic rings. The Bertz CT molecular complexity index is 191. The number of rotatable bonds is 0. The molecule has 0 aromatic heterocycles. The first kappa shape index (κ1) is 7.33. The first-order chi connectivity index (χ1) is 4.61. The molecule has 0 aliphatic rings. The van der Waals surface area contributed by atoms with Crippen LogP contribution in [0.4, 0.5) is 0 Å². The van der Waals surface area contributed by atoms with Crippen molar-refractivity contribution < 1.29 is 0 Å². The van der Waals surface area contributed by atoms with Crippen molar-refractivity contribution in [1.29, 1.82) is 0 Å². The summed E-state index contributed by atoms with van der Waals surface area (Å²) in [4.78, 5) is 0. The summed E-state index contributed by atoms with van der Waals surface area (Å²) in [6.45, 7) is 6.54. The van der Waals surface area contributed by atoms with Crippen molar-refractivity contribution in [2.75, 3.05) is 0 Å². The van der Waals surface area contributed by atoms with Crippen LogP contribution >= 0.6 is 0 Å². The molecule has 0 aliphatic carbocycles. The summed E-state index contributed by atoms with van der Waals surface area (Å²) < 4.78 is 0. The molecule has 1 aromatic carbocycles. The van der Waals surface area contributed by atoms with Gasteiger partial charge in [0.1, 0.15) is 0 Å². The largest absolute Gasteiger partial charge is 0.0573 e. The average molecular weight is 132 g/mol. The Kier molecular flexibility index (Phi) is 1.80. The van der Waals surface area contributed by atoms with Gasteiger partial charge in [0.2, 0.25) is 0 Å². The zero-order valence-corrected chi connectivity index (χ0v) is 6.73. The SMILES string of the molecule is CC(C)(C)c1[c]c[c]cc1. The van der Waals surface area contributed by atoms with Gasteiger partial charge in [0.15, 0.2) is 0 Å². The molecule has 0 bridgehead atoms. The van der Waals surface area contributed by atoms with Crippen molar-refractivity contribution in [3.05, 3.63) is 35.9 Å². The third-order valence-corrected chi connectivity index (χ3v) is 1.47. The molecule has 0 fully saturated rings. The van der Waals surface area contributed by atoms with E-state index in [2.05, 4.69) is 39.0 Å². The zero-order chi connectivity index (χ0) is 7.61. The topological polar surface area (TPSA) is 0 Å². The van der Waals surface area contributed by atoms with E-state index in [0.717, 1.165) is 0 Å². The summed E-state index contributed by atoms with van der Waals surface area (Å²) in [6, 6.07) is 11.9. The number of hydrogen-bond donors (Lipinski definition) is 0. The molecule has 52 valence electrons. The van der Waals surface area contributed by atoms with E-state index in [9.17, 15) is 0 Å². The van der Waals surface area contributed by atoms with E-state index < -0.39 is 0 Å². The third kappa shape index (κ3) is 1.60. The Hall–Kier alpha value is -0.780. The molecule has 0 heterocycles. The van der Waals surface area contributed by atoms with Gasteiger partial charge in [0.05, 0.1) is 0 Å². The summed E-state index contributed by atoms with van der Waals surface area (Å²) in [5.74, 6) is 0. The molecule has 0 nitrogen and oxygen atoms in total. The van der Waals surface area contributed by atoms with E-state index >= 15 is 0 Å². The maximum absolute atomic E-state index is 3.15. The molecule has 1 rings (SSSR count). The van der Waals surface area contributed by atoms with Crippen LogP contribution in [-0.4, -0.2) is 0 Å². The lowest BCUT2D eigenvalue weighted by Crippen LogP contribution is -2.10.